The van der Waals surface area contributed by atoms with E-state index >= 15 is 0 Å². The minimum absolute atomic E-state index is 0.393. The van der Waals surface area contributed by atoms with Crippen molar-refractivity contribution in [3.63, 3.8) is 0 Å². The van der Waals surface area contributed by atoms with Crippen LogP contribution in [0.1, 0.15) is 25.3 Å². The second-order valence-electron chi connectivity index (χ2n) is 4.34. The Kier molecular flexibility index (Phi) is 5.83. The van der Waals surface area contributed by atoms with Gasteiger partial charge in [-0.2, -0.15) is 0 Å². The molecule has 5 heteroatoms. The molecule has 0 aliphatic carbocycles. The summed E-state index contributed by atoms with van der Waals surface area (Å²) < 4.78 is 3.24. The molecule has 0 aromatic heterocycles. The smallest absolute Gasteiger partial charge is 0.128 e. The largest absolute Gasteiger partial charge is 0.303 e. The molecule has 1 unspecified atom stereocenters. The molecule has 0 fully saturated rings. The number of carbonyl (C=O) groups is 2. The van der Waals surface area contributed by atoms with Gasteiger partial charge in [-0.25, -0.2) is 0 Å². The van der Waals surface area contributed by atoms with Crippen LogP contribution in [-0.2, 0) is 9.59 Å². The molecule has 0 aliphatic heterocycles. The first kappa shape index (κ1) is 15.8. The van der Waals surface area contributed by atoms with Gasteiger partial charge in [0.25, 0.3) is 0 Å². The number of hydrogen-bond acceptors (Lipinski definition) is 2. The average Bonchev–Trinajstić information content (AvgIpc) is 2.25. The number of carbonyl (C=O) groups excluding carboxylic acids is 2. The number of halogens is 3. The van der Waals surface area contributed by atoms with Gasteiger partial charge >= 0.3 is 0 Å². The predicted molar refractivity (Wildman–Crippen MR) is 93.2 cm³/mol. The third kappa shape index (κ3) is 3.62. The molecule has 0 amide bonds. The van der Waals surface area contributed by atoms with E-state index in [0.29, 0.717) is 0 Å². The first-order valence-corrected chi connectivity index (χ1v) is 8.13. The van der Waals surface area contributed by atoms with Gasteiger partial charge in [-0.05, 0) is 85.5 Å². The van der Waals surface area contributed by atoms with Crippen LogP contribution in [0.5, 0.6) is 0 Å². The molecule has 0 spiro atoms. The fourth-order valence-corrected chi connectivity index (χ4v) is 4.06. The normalized spacial score (nSPS) is 13.2. The molecule has 0 heterocycles. The molecular weight excluding hydrogens is 557 g/mol. The summed E-state index contributed by atoms with van der Waals surface area (Å²) in [5.41, 5.74) is 0.267. The van der Waals surface area contributed by atoms with Gasteiger partial charge in [-0.1, -0.05) is 13.8 Å². The first-order valence-electron chi connectivity index (χ1n) is 4.89. The zero-order chi connectivity index (χ0) is 13.2. The van der Waals surface area contributed by atoms with Crippen LogP contribution in [0.3, 0.4) is 0 Å². The van der Waals surface area contributed by atoms with E-state index in [2.05, 4.69) is 73.8 Å². The van der Waals surface area contributed by atoms with Crippen molar-refractivity contribution in [3.05, 3.63) is 28.4 Å². The Morgan fingerprint density at radius 2 is 1.76 bits per heavy atom. The minimum atomic E-state index is -0.671. The number of hydrogen-bond donors (Lipinski definition) is 0. The zero-order valence-electron chi connectivity index (χ0n) is 9.34. The maximum atomic E-state index is 11.3. The molecule has 1 aromatic rings. The SMILES string of the molecule is CC(C)(C=O)C(C=O)c1cc(I)cc(I)c1I. The fourth-order valence-electron chi connectivity index (χ4n) is 1.52. The van der Waals surface area contributed by atoms with Crippen molar-refractivity contribution >= 4 is 80.3 Å². The summed E-state index contributed by atoms with van der Waals surface area (Å²) in [5.74, 6) is -0.393. The molecular formula is C12H11I3O2. The number of rotatable bonds is 4. The van der Waals surface area contributed by atoms with Crippen molar-refractivity contribution in [2.75, 3.05) is 0 Å². The molecule has 92 valence electrons. The molecule has 1 atom stereocenters. The molecule has 0 bridgehead atoms. The average molecular weight is 568 g/mol. The van der Waals surface area contributed by atoms with E-state index in [-0.39, 0.29) is 0 Å². The lowest BCUT2D eigenvalue weighted by atomic mass is 9.77. The first-order chi connectivity index (χ1) is 7.83. The monoisotopic (exact) mass is 568 g/mol. The molecule has 0 saturated heterocycles. The van der Waals surface area contributed by atoms with Crippen molar-refractivity contribution in [2.24, 2.45) is 5.41 Å². The summed E-state index contributed by atoms with van der Waals surface area (Å²) in [6.45, 7) is 3.59. The number of aldehydes is 2. The zero-order valence-corrected chi connectivity index (χ0v) is 15.8. The van der Waals surface area contributed by atoms with Crippen LogP contribution in [-0.4, -0.2) is 12.6 Å². The maximum absolute atomic E-state index is 11.3. The van der Waals surface area contributed by atoms with Crippen LogP contribution in [0.25, 0.3) is 0 Å². The second kappa shape index (κ2) is 6.27. The van der Waals surface area contributed by atoms with Crippen molar-refractivity contribution in [1.82, 2.24) is 0 Å². The quantitative estimate of drug-likeness (QED) is 0.313. The van der Waals surface area contributed by atoms with Crippen LogP contribution in [0, 0.1) is 16.1 Å². The van der Waals surface area contributed by atoms with E-state index in [1.54, 1.807) is 13.8 Å². The summed E-state index contributed by atoms with van der Waals surface area (Å²) >= 11 is 6.71. The van der Waals surface area contributed by atoms with Crippen LogP contribution >= 0.6 is 67.8 Å². The van der Waals surface area contributed by atoms with Gasteiger partial charge in [0.15, 0.2) is 0 Å². The Morgan fingerprint density at radius 3 is 2.24 bits per heavy atom. The highest BCUT2D eigenvalue weighted by molar-refractivity contribution is 14.1. The Hall–Kier alpha value is 0.750. The van der Waals surface area contributed by atoms with E-state index in [9.17, 15) is 9.59 Å². The standard InChI is InChI=1S/C12H11I3O2/c1-12(2,6-17)9(5-16)8-3-7(13)4-10(14)11(8)15/h3-6,9H,1-2H3. The van der Waals surface area contributed by atoms with Crippen molar-refractivity contribution in [1.29, 1.82) is 0 Å². The molecule has 1 aromatic carbocycles. The van der Waals surface area contributed by atoms with Gasteiger partial charge in [0, 0.05) is 16.1 Å². The predicted octanol–water partition coefficient (Wildman–Crippen LogP) is 4.01. The second-order valence-corrected chi connectivity index (χ2v) is 7.83. The molecule has 0 saturated carbocycles. The van der Waals surface area contributed by atoms with E-state index in [1.807, 2.05) is 6.07 Å². The van der Waals surface area contributed by atoms with Crippen LogP contribution in [0.4, 0.5) is 0 Å². The summed E-state index contributed by atoms with van der Waals surface area (Å²) in [5, 5.41) is 0. The highest BCUT2D eigenvalue weighted by atomic mass is 127. The van der Waals surface area contributed by atoms with Crippen molar-refractivity contribution in [3.8, 4) is 0 Å². The van der Waals surface area contributed by atoms with Crippen LogP contribution < -0.4 is 0 Å². The van der Waals surface area contributed by atoms with Gasteiger partial charge in [-0.15, -0.1) is 0 Å². The Balaban J connectivity index is 3.40. The topological polar surface area (TPSA) is 34.1 Å². The van der Waals surface area contributed by atoms with Gasteiger partial charge in [0.05, 0.1) is 5.92 Å². The van der Waals surface area contributed by atoms with Gasteiger partial charge in [-0.3, -0.25) is 0 Å². The van der Waals surface area contributed by atoms with Crippen LogP contribution in [0.2, 0.25) is 0 Å². The summed E-state index contributed by atoms with van der Waals surface area (Å²) in [4.78, 5) is 22.4. The molecule has 0 N–H and O–H groups in total. The van der Waals surface area contributed by atoms with E-state index in [4.69, 9.17) is 0 Å². The molecule has 17 heavy (non-hydrogen) atoms. The van der Waals surface area contributed by atoms with Gasteiger partial charge in [0.1, 0.15) is 12.6 Å². The Morgan fingerprint density at radius 1 is 1.18 bits per heavy atom. The van der Waals surface area contributed by atoms with Crippen molar-refractivity contribution in [2.45, 2.75) is 19.8 Å². The Labute approximate surface area is 142 Å². The summed E-state index contributed by atoms with van der Waals surface area (Å²) in [6, 6.07) is 4.04. The highest BCUT2D eigenvalue weighted by Crippen LogP contribution is 2.36. The van der Waals surface area contributed by atoms with Crippen molar-refractivity contribution < 1.29 is 9.59 Å². The lowest BCUT2D eigenvalue weighted by molar-refractivity contribution is -0.120. The third-order valence-electron chi connectivity index (χ3n) is 2.60. The van der Waals surface area contributed by atoms with E-state index < -0.39 is 11.3 Å². The lowest BCUT2D eigenvalue weighted by Crippen LogP contribution is -2.26. The molecule has 1 rings (SSSR count). The summed E-state index contributed by atoms with van der Waals surface area (Å²) in [6.07, 6.45) is 1.73. The van der Waals surface area contributed by atoms with E-state index in [0.717, 1.165) is 28.8 Å². The fraction of sp³-hybridized carbons (Fsp3) is 0.333. The Bertz CT molecular complexity index is 455. The third-order valence-corrected chi connectivity index (χ3v) is 6.31. The van der Waals surface area contributed by atoms with Gasteiger partial charge in [0.2, 0.25) is 0 Å². The molecule has 0 radical (unpaired) electrons. The van der Waals surface area contributed by atoms with E-state index in [1.165, 1.54) is 0 Å². The highest BCUT2D eigenvalue weighted by Gasteiger charge is 2.32. The van der Waals surface area contributed by atoms with Crippen LogP contribution in [0.15, 0.2) is 12.1 Å². The molecule has 2 nitrogen and oxygen atoms in total. The lowest BCUT2D eigenvalue weighted by Gasteiger charge is -2.26. The summed E-state index contributed by atoms with van der Waals surface area (Å²) in [7, 11) is 0. The number of benzene rings is 1. The maximum Gasteiger partial charge on any atom is 0.128 e. The minimum Gasteiger partial charge on any atom is -0.303 e. The van der Waals surface area contributed by atoms with Gasteiger partial charge < -0.3 is 9.59 Å². The molecule has 0 aliphatic rings.